The number of hydrogen-bond donors (Lipinski definition) is 1. The van der Waals surface area contributed by atoms with Crippen LogP contribution in [0.3, 0.4) is 0 Å². The Kier molecular flexibility index (Phi) is 53.8. The van der Waals surface area contributed by atoms with Gasteiger partial charge in [-0.2, -0.15) is 0 Å². The highest BCUT2D eigenvalue weighted by atomic mass is 31.2. The molecular weight excluding hydrogens is 807 g/mol. The second kappa shape index (κ2) is 54.0. The van der Waals surface area contributed by atoms with Gasteiger partial charge in [-0.05, 0) is 12.8 Å². The van der Waals surface area contributed by atoms with E-state index in [1.165, 1.54) is 128 Å². The Balaban J connectivity index is 3.22. The lowest BCUT2D eigenvalue weighted by Crippen LogP contribution is -2.14. The van der Waals surface area contributed by atoms with Crippen LogP contribution in [0.5, 0.6) is 0 Å². The molecule has 0 spiro atoms. The van der Waals surface area contributed by atoms with Gasteiger partial charge in [-0.1, -0.05) is 142 Å². The average molecular weight is 903 g/mol. The molecule has 0 fully saturated rings. The molecule has 0 radical (unpaired) electrons. The Labute approximate surface area is 373 Å². The van der Waals surface area contributed by atoms with Crippen molar-refractivity contribution in [1.82, 2.24) is 0 Å². The third-order valence-corrected chi connectivity index (χ3v) is 10.7. The molecule has 0 aliphatic rings. The van der Waals surface area contributed by atoms with Crippen LogP contribution in [-0.4, -0.2) is 150 Å². The summed E-state index contributed by atoms with van der Waals surface area (Å²) in [5.41, 5.74) is 0. The van der Waals surface area contributed by atoms with E-state index >= 15 is 0 Å². The SMILES string of the molecule is CCCCCCCCCCCCCOCCOCCOCCOCCOCCOP(=O)(O)OCCOCCOCCOCCOCCOCCCCCCCCCCCCC. The third kappa shape index (κ3) is 55.8. The van der Waals surface area contributed by atoms with Crippen LogP contribution in [0.15, 0.2) is 0 Å². The molecule has 0 aromatic carbocycles. The molecule has 14 nitrogen and oxygen atoms in total. The monoisotopic (exact) mass is 903 g/mol. The minimum absolute atomic E-state index is 0.0852. The molecule has 1 N–H and O–H groups in total. The van der Waals surface area contributed by atoms with Gasteiger partial charge < -0.3 is 52.3 Å². The maximum atomic E-state index is 12.0. The number of hydrogen-bond acceptors (Lipinski definition) is 13. The van der Waals surface area contributed by atoms with Gasteiger partial charge in [-0.3, -0.25) is 9.05 Å². The maximum Gasteiger partial charge on any atom is 0.472 e. The van der Waals surface area contributed by atoms with Crippen molar-refractivity contribution < 1.29 is 65.9 Å². The molecule has 61 heavy (non-hydrogen) atoms. The third-order valence-electron chi connectivity index (χ3n) is 9.72. The van der Waals surface area contributed by atoms with Crippen LogP contribution in [0.4, 0.5) is 0 Å². The zero-order valence-electron chi connectivity index (χ0n) is 39.3. The summed E-state index contributed by atoms with van der Waals surface area (Å²) in [5, 5.41) is 0. The summed E-state index contributed by atoms with van der Waals surface area (Å²) >= 11 is 0. The average Bonchev–Trinajstić information content (AvgIpc) is 3.25. The molecule has 0 aromatic rings. The Morgan fingerprint density at radius 2 is 0.410 bits per heavy atom. The van der Waals surface area contributed by atoms with Gasteiger partial charge >= 0.3 is 7.82 Å². The Hall–Kier alpha value is -0.290. The number of rotatable bonds is 56. The van der Waals surface area contributed by atoms with Crippen molar-refractivity contribution in [3.8, 4) is 0 Å². The van der Waals surface area contributed by atoms with E-state index in [0.717, 1.165) is 26.1 Å². The van der Waals surface area contributed by atoms with Crippen molar-refractivity contribution in [3.05, 3.63) is 0 Å². The molecule has 0 bridgehead atoms. The standard InChI is InChI=1S/C46H95O14P/c1-3-5-7-9-11-13-15-17-19-21-23-25-49-27-29-51-31-33-53-35-37-55-39-41-57-43-45-59-61(47,48)60-46-44-58-42-40-56-38-36-54-34-32-52-30-28-50-26-24-22-20-18-16-14-12-10-8-6-4-2/h3-46H2,1-2H3,(H,47,48). The highest BCUT2D eigenvalue weighted by molar-refractivity contribution is 7.47. The number of phosphoric acid groups is 1. The quantitative estimate of drug-likeness (QED) is 0.0456. The fraction of sp³-hybridized carbons (Fsp3) is 1.00. The highest BCUT2D eigenvalue weighted by Crippen LogP contribution is 2.42. The zero-order valence-corrected chi connectivity index (χ0v) is 40.2. The van der Waals surface area contributed by atoms with Gasteiger partial charge in [0.2, 0.25) is 0 Å². The molecule has 0 saturated carbocycles. The summed E-state index contributed by atoms with van der Waals surface area (Å²) in [5.74, 6) is 0. The molecule has 0 unspecified atom stereocenters. The van der Waals surface area contributed by atoms with E-state index in [1.54, 1.807) is 0 Å². The fourth-order valence-electron chi connectivity index (χ4n) is 6.16. The van der Waals surface area contributed by atoms with Gasteiger partial charge in [0.05, 0.1) is 132 Å². The lowest BCUT2D eigenvalue weighted by molar-refractivity contribution is -0.0156. The summed E-state index contributed by atoms with van der Waals surface area (Å²) in [4.78, 5) is 9.79. The first-order chi connectivity index (χ1) is 30.1. The molecule has 15 heteroatoms. The summed E-state index contributed by atoms with van der Waals surface area (Å²) in [6.07, 6.45) is 29.4. The largest absolute Gasteiger partial charge is 0.472 e. The van der Waals surface area contributed by atoms with E-state index < -0.39 is 7.82 Å². The van der Waals surface area contributed by atoms with Gasteiger partial charge in [0.25, 0.3) is 0 Å². The van der Waals surface area contributed by atoms with Crippen molar-refractivity contribution in [2.24, 2.45) is 0 Å². The van der Waals surface area contributed by atoms with E-state index in [9.17, 15) is 9.46 Å². The van der Waals surface area contributed by atoms with Crippen molar-refractivity contribution in [3.63, 3.8) is 0 Å². The fourth-order valence-corrected chi connectivity index (χ4v) is 6.85. The number of ether oxygens (including phenoxy) is 10. The maximum absolute atomic E-state index is 12.0. The van der Waals surface area contributed by atoms with Gasteiger partial charge in [0.1, 0.15) is 0 Å². The summed E-state index contributed by atoms with van der Waals surface area (Å²) < 4.78 is 76.9. The Morgan fingerprint density at radius 3 is 0.623 bits per heavy atom. The van der Waals surface area contributed by atoms with Crippen molar-refractivity contribution in [1.29, 1.82) is 0 Å². The van der Waals surface area contributed by atoms with E-state index in [4.69, 9.17) is 56.4 Å². The molecule has 368 valence electrons. The predicted molar refractivity (Wildman–Crippen MR) is 243 cm³/mol. The van der Waals surface area contributed by atoms with E-state index in [1.807, 2.05) is 0 Å². The van der Waals surface area contributed by atoms with Crippen LogP contribution in [0.2, 0.25) is 0 Å². The molecule has 0 aliphatic carbocycles. The second-order valence-corrected chi connectivity index (χ2v) is 16.8. The molecule has 0 aliphatic heterocycles. The summed E-state index contributed by atoms with van der Waals surface area (Å²) in [6.45, 7) is 13.9. The van der Waals surface area contributed by atoms with E-state index in [0.29, 0.717) is 106 Å². The normalized spacial score (nSPS) is 12.0. The lowest BCUT2D eigenvalue weighted by atomic mass is 10.1. The zero-order chi connectivity index (χ0) is 44.1. The molecule has 0 aromatic heterocycles. The molecule has 0 heterocycles. The van der Waals surface area contributed by atoms with Gasteiger partial charge in [-0.25, -0.2) is 4.57 Å². The Bertz CT molecular complexity index is 784. The number of phosphoric ester groups is 1. The van der Waals surface area contributed by atoms with Crippen molar-refractivity contribution in [2.75, 3.05) is 145 Å². The Morgan fingerprint density at radius 1 is 0.246 bits per heavy atom. The topological polar surface area (TPSA) is 148 Å². The minimum Gasteiger partial charge on any atom is -0.379 e. The van der Waals surface area contributed by atoms with Crippen LogP contribution in [-0.2, 0) is 61.0 Å². The first-order valence-electron chi connectivity index (χ1n) is 24.5. The van der Waals surface area contributed by atoms with Crippen LogP contribution in [0.1, 0.15) is 155 Å². The first-order valence-corrected chi connectivity index (χ1v) is 26.0. The molecule has 0 amide bonds. The summed E-state index contributed by atoms with van der Waals surface area (Å²) in [6, 6.07) is 0. The van der Waals surface area contributed by atoms with Crippen LogP contribution in [0.25, 0.3) is 0 Å². The number of unbranched alkanes of at least 4 members (excludes halogenated alkanes) is 20. The van der Waals surface area contributed by atoms with E-state index in [-0.39, 0.29) is 26.4 Å². The minimum atomic E-state index is -4.18. The van der Waals surface area contributed by atoms with E-state index in [2.05, 4.69) is 13.8 Å². The highest BCUT2D eigenvalue weighted by Gasteiger charge is 2.20. The van der Waals surface area contributed by atoms with Crippen LogP contribution >= 0.6 is 7.82 Å². The molecule has 0 saturated heterocycles. The lowest BCUT2D eigenvalue weighted by Gasteiger charge is -2.12. The second-order valence-electron chi connectivity index (χ2n) is 15.3. The van der Waals surface area contributed by atoms with Gasteiger partial charge in [0, 0.05) is 13.2 Å². The first kappa shape index (κ1) is 60.7. The molecule has 0 rings (SSSR count). The van der Waals surface area contributed by atoms with Crippen molar-refractivity contribution >= 4 is 7.82 Å². The molecular formula is C46H95O14P. The van der Waals surface area contributed by atoms with Gasteiger partial charge in [-0.15, -0.1) is 0 Å². The summed E-state index contributed by atoms with van der Waals surface area (Å²) in [7, 11) is -4.18. The van der Waals surface area contributed by atoms with Gasteiger partial charge in [0.15, 0.2) is 0 Å². The molecule has 0 atom stereocenters. The smallest absolute Gasteiger partial charge is 0.379 e. The predicted octanol–water partition coefficient (Wildman–Crippen LogP) is 9.91. The van der Waals surface area contributed by atoms with Crippen molar-refractivity contribution in [2.45, 2.75) is 155 Å². The van der Waals surface area contributed by atoms with Crippen LogP contribution in [0, 0.1) is 0 Å². The van der Waals surface area contributed by atoms with Crippen LogP contribution < -0.4 is 0 Å².